The smallest absolute Gasteiger partial charge is 0.386 e. The van der Waals surface area contributed by atoms with E-state index in [1.165, 1.54) is 11.3 Å². The number of hydrogen-bond acceptors (Lipinski definition) is 4. The number of halogens is 4. The van der Waals surface area contributed by atoms with Crippen LogP contribution in [0.2, 0.25) is 4.34 Å². The summed E-state index contributed by atoms with van der Waals surface area (Å²) in [7, 11) is 0. The van der Waals surface area contributed by atoms with E-state index in [1.54, 1.807) is 30.3 Å². The van der Waals surface area contributed by atoms with Crippen LogP contribution in [0.25, 0.3) is 0 Å². The number of benzene rings is 1. The molecule has 0 radical (unpaired) electrons. The van der Waals surface area contributed by atoms with Crippen molar-refractivity contribution in [1.82, 2.24) is 10.6 Å². The molecule has 0 aliphatic heterocycles. The van der Waals surface area contributed by atoms with Gasteiger partial charge in [0.1, 0.15) is 12.7 Å². The Kier molecular flexibility index (Phi) is 9.22. The molecule has 0 spiro atoms. The van der Waals surface area contributed by atoms with Crippen molar-refractivity contribution in [3.63, 3.8) is 0 Å². The first kappa shape index (κ1) is 23.5. The van der Waals surface area contributed by atoms with Crippen LogP contribution in [0.15, 0.2) is 41.4 Å². The number of aliphatic hydroxyl groups excluding tert-OH is 1. The maximum atomic E-state index is 12.2. The van der Waals surface area contributed by atoms with Gasteiger partial charge in [-0.3, -0.25) is 0 Å². The fourth-order valence-corrected chi connectivity index (χ4v) is 3.46. The zero-order chi connectivity index (χ0) is 21.3. The summed E-state index contributed by atoms with van der Waals surface area (Å²) in [6.07, 6.45) is -5.06. The Morgan fingerprint density at radius 2 is 2.00 bits per heavy atom. The minimum Gasteiger partial charge on any atom is -0.386 e. The van der Waals surface area contributed by atoms with Gasteiger partial charge in [-0.15, -0.1) is 11.3 Å². The molecule has 0 saturated carbocycles. The minimum absolute atomic E-state index is 0.120. The Morgan fingerprint density at radius 3 is 2.66 bits per heavy atom. The Bertz CT molecular complexity index is 799. The van der Waals surface area contributed by atoms with Crippen molar-refractivity contribution >= 4 is 28.9 Å². The van der Waals surface area contributed by atoms with Crippen LogP contribution in [-0.2, 0) is 17.9 Å². The van der Waals surface area contributed by atoms with Crippen molar-refractivity contribution in [2.45, 2.75) is 32.4 Å². The molecule has 0 aliphatic carbocycles. The van der Waals surface area contributed by atoms with Gasteiger partial charge < -0.3 is 20.5 Å². The van der Waals surface area contributed by atoms with Gasteiger partial charge >= 0.3 is 6.18 Å². The lowest BCUT2D eigenvalue weighted by molar-refractivity contribution is -0.176. The van der Waals surface area contributed by atoms with Crippen LogP contribution in [0, 0.1) is 0 Å². The molecule has 29 heavy (non-hydrogen) atoms. The predicted molar refractivity (Wildman–Crippen MR) is 109 cm³/mol. The molecule has 1 aromatic heterocycles. The standard InChI is InChI=1S/C19H23ClF3N3O2S/c1-2-24-18(26-10-15(27)16-6-7-17(20)29-16)25-9-13-4-3-5-14(8-13)11-28-12-19(21,22)23/h3-8,15,27H,2,9-12H2,1H3,(H2,24,25,26). The first-order chi connectivity index (χ1) is 13.8. The first-order valence-corrected chi connectivity index (χ1v) is 10.1. The van der Waals surface area contributed by atoms with Gasteiger partial charge in [0.2, 0.25) is 0 Å². The van der Waals surface area contributed by atoms with Crippen molar-refractivity contribution in [3.8, 4) is 0 Å². The van der Waals surface area contributed by atoms with Gasteiger partial charge in [-0.05, 0) is 30.2 Å². The van der Waals surface area contributed by atoms with Crippen molar-refractivity contribution in [3.05, 3.63) is 56.7 Å². The Hall–Kier alpha value is -1.81. The van der Waals surface area contributed by atoms with Crippen LogP contribution in [0.3, 0.4) is 0 Å². The number of guanidine groups is 1. The number of alkyl halides is 3. The van der Waals surface area contributed by atoms with Crippen molar-refractivity contribution < 1.29 is 23.0 Å². The molecule has 3 N–H and O–H groups in total. The molecule has 1 heterocycles. The molecule has 2 rings (SSSR count). The van der Waals surface area contributed by atoms with Gasteiger partial charge in [0.25, 0.3) is 0 Å². The predicted octanol–water partition coefficient (Wildman–Crippen LogP) is 4.27. The quantitative estimate of drug-likeness (QED) is 0.395. The highest BCUT2D eigenvalue weighted by atomic mass is 35.5. The van der Waals surface area contributed by atoms with Gasteiger partial charge in [0.15, 0.2) is 5.96 Å². The number of aliphatic imine (C=N–C) groups is 1. The molecule has 0 saturated heterocycles. The second kappa shape index (κ2) is 11.4. The lowest BCUT2D eigenvalue weighted by Gasteiger charge is -2.14. The number of thiophene rings is 1. The molecule has 0 amide bonds. The zero-order valence-corrected chi connectivity index (χ0v) is 17.4. The highest BCUT2D eigenvalue weighted by molar-refractivity contribution is 7.16. The average molecular weight is 450 g/mol. The average Bonchev–Trinajstić information content (AvgIpc) is 3.09. The van der Waals surface area contributed by atoms with Gasteiger partial charge in [0.05, 0.1) is 17.5 Å². The van der Waals surface area contributed by atoms with E-state index in [0.29, 0.717) is 28.9 Å². The second-order valence-electron chi connectivity index (χ2n) is 6.16. The third-order valence-electron chi connectivity index (χ3n) is 3.68. The molecule has 1 atom stereocenters. The molecule has 0 aliphatic rings. The molecule has 1 aromatic carbocycles. The van der Waals surface area contributed by atoms with Crippen molar-refractivity contribution in [2.75, 3.05) is 19.7 Å². The molecule has 10 heteroatoms. The van der Waals surface area contributed by atoms with E-state index in [-0.39, 0.29) is 13.2 Å². The van der Waals surface area contributed by atoms with E-state index in [4.69, 9.17) is 16.3 Å². The van der Waals surface area contributed by atoms with Crippen LogP contribution in [0.1, 0.15) is 29.0 Å². The number of hydrogen-bond donors (Lipinski definition) is 3. The maximum Gasteiger partial charge on any atom is 0.411 e. The molecule has 0 fully saturated rings. The monoisotopic (exact) mass is 449 g/mol. The van der Waals surface area contributed by atoms with E-state index >= 15 is 0 Å². The number of nitrogens with one attached hydrogen (secondary N) is 2. The van der Waals surface area contributed by atoms with Crippen LogP contribution < -0.4 is 10.6 Å². The van der Waals surface area contributed by atoms with Crippen LogP contribution >= 0.6 is 22.9 Å². The molecular weight excluding hydrogens is 427 g/mol. The SMILES string of the molecule is CCNC(=NCc1cccc(COCC(F)(F)F)c1)NCC(O)c1ccc(Cl)s1. The summed E-state index contributed by atoms with van der Waals surface area (Å²) in [6, 6.07) is 10.6. The molecule has 160 valence electrons. The van der Waals surface area contributed by atoms with Crippen LogP contribution in [0.4, 0.5) is 13.2 Å². The molecule has 2 aromatic rings. The maximum absolute atomic E-state index is 12.2. The van der Waals surface area contributed by atoms with E-state index in [1.807, 2.05) is 13.0 Å². The number of aliphatic hydroxyl groups is 1. The van der Waals surface area contributed by atoms with Crippen molar-refractivity contribution in [1.29, 1.82) is 0 Å². The fraction of sp³-hybridized carbons (Fsp3) is 0.421. The van der Waals surface area contributed by atoms with E-state index in [2.05, 4.69) is 15.6 Å². The number of ether oxygens (including phenoxy) is 1. The largest absolute Gasteiger partial charge is 0.411 e. The number of nitrogens with zero attached hydrogens (tertiary/aromatic N) is 1. The summed E-state index contributed by atoms with van der Waals surface area (Å²) in [4.78, 5) is 5.21. The normalized spacial score (nSPS) is 13.4. The topological polar surface area (TPSA) is 65.9 Å². The minimum atomic E-state index is -4.34. The second-order valence-corrected chi connectivity index (χ2v) is 7.91. The summed E-state index contributed by atoms with van der Waals surface area (Å²) < 4.78 is 41.8. The summed E-state index contributed by atoms with van der Waals surface area (Å²) >= 11 is 7.20. The van der Waals surface area contributed by atoms with Crippen LogP contribution in [-0.4, -0.2) is 36.9 Å². The fourth-order valence-electron chi connectivity index (χ4n) is 2.42. The zero-order valence-electron chi connectivity index (χ0n) is 15.8. The number of rotatable bonds is 9. The Morgan fingerprint density at radius 1 is 1.24 bits per heavy atom. The molecule has 1 unspecified atom stereocenters. The lowest BCUT2D eigenvalue weighted by atomic mass is 10.1. The van der Waals surface area contributed by atoms with Gasteiger partial charge in [-0.2, -0.15) is 13.2 Å². The van der Waals surface area contributed by atoms with Crippen LogP contribution in [0.5, 0.6) is 0 Å². The Balaban J connectivity index is 1.91. The third kappa shape index (κ3) is 9.03. The molecule has 5 nitrogen and oxygen atoms in total. The third-order valence-corrected chi connectivity index (χ3v) is 5.01. The summed E-state index contributed by atoms with van der Waals surface area (Å²) in [5, 5.41) is 16.4. The van der Waals surface area contributed by atoms with E-state index < -0.39 is 18.9 Å². The van der Waals surface area contributed by atoms with E-state index in [9.17, 15) is 18.3 Å². The van der Waals surface area contributed by atoms with Gasteiger partial charge in [-0.25, -0.2) is 4.99 Å². The van der Waals surface area contributed by atoms with Gasteiger partial charge in [0, 0.05) is 18.0 Å². The summed E-state index contributed by atoms with van der Waals surface area (Å²) in [6.45, 7) is 1.74. The summed E-state index contributed by atoms with van der Waals surface area (Å²) in [5.74, 6) is 0.521. The molecule has 0 bridgehead atoms. The Labute approximate surface area is 176 Å². The van der Waals surface area contributed by atoms with Gasteiger partial charge in [-0.1, -0.05) is 35.9 Å². The lowest BCUT2D eigenvalue weighted by Crippen LogP contribution is -2.39. The molecular formula is C19H23ClF3N3O2S. The highest BCUT2D eigenvalue weighted by Crippen LogP contribution is 2.26. The summed E-state index contributed by atoms with van der Waals surface area (Å²) in [5.41, 5.74) is 1.48. The first-order valence-electron chi connectivity index (χ1n) is 8.94. The van der Waals surface area contributed by atoms with Crippen molar-refractivity contribution in [2.24, 2.45) is 4.99 Å². The highest BCUT2D eigenvalue weighted by Gasteiger charge is 2.27. The van der Waals surface area contributed by atoms with E-state index in [0.717, 1.165) is 10.4 Å².